The molecule has 2 heterocycles. The van der Waals surface area contributed by atoms with E-state index >= 15 is 0 Å². The Kier molecular flexibility index (Phi) is 1.46. The van der Waals surface area contributed by atoms with Gasteiger partial charge in [0.25, 0.3) is 0 Å². The number of hydrogen-bond acceptors (Lipinski definition) is 3. The van der Waals surface area contributed by atoms with Crippen molar-refractivity contribution in [3.8, 4) is 0 Å². The van der Waals surface area contributed by atoms with Gasteiger partial charge in [-0.1, -0.05) is 0 Å². The standard InChI is InChI=1S/C8H10N4/c1-11(2)7-5-9-8-3-4-10-12(8)6-7/h3-6H,1-2H3. The van der Waals surface area contributed by atoms with Gasteiger partial charge >= 0.3 is 0 Å². The zero-order valence-electron chi connectivity index (χ0n) is 7.10. The van der Waals surface area contributed by atoms with Gasteiger partial charge in [0.05, 0.1) is 24.3 Å². The molecular formula is C8H10N4. The van der Waals surface area contributed by atoms with Crippen LogP contribution in [0, 0.1) is 0 Å². The highest BCUT2D eigenvalue weighted by Crippen LogP contribution is 2.08. The lowest BCUT2D eigenvalue weighted by molar-refractivity contribution is 0.926. The largest absolute Gasteiger partial charge is 0.375 e. The monoisotopic (exact) mass is 162 g/mol. The molecule has 0 spiro atoms. The number of anilines is 1. The van der Waals surface area contributed by atoms with E-state index in [9.17, 15) is 0 Å². The second-order valence-electron chi connectivity index (χ2n) is 2.84. The maximum absolute atomic E-state index is 4.22. The molecule has 0 aromatic carbocycles. The molecule has 0 saturated heterocycles. The summed E-state index contributed by atoms with van der Waals surface area (Å²) < 4.78 is 1.76. The Labute approximate surface area is 70.4 Å². The average Bonchev–Trinajstić information content (AvgIpc) is 2.49. The minimum atomic E-state index is 0.876. The van der Waals surface area contributed by atoms with Gasteiger partial charge in [0.1, 0.15) is 0 Å². The van der Waals surface area contributed by atoms with Crippen molar-refractivity contribution in [3.05, 3.63) is 24.7 Å². The minimum Gasteiger partial charge on any atom is -0.375 e. The summed E-state index contributed by atoms with van der Waals surface area (Å²) in [5, 5.41) is 4.09. The first-order valence-corrected chi connectivity index (χ1v) is 3.74. The Hall–Kier alpha value is -1.58. The number of rotatable bonds is 1. The molecule has 0 atom stereocenters. The molecule has 0 bridgehead atoms. The molecule has 0 amide bonds. The second kappa shape index (κ2) is 2.48. The normalized spacial score (nSPS) is 10.5. The summed E-state index contributed by atoms with van der Waals surface area (Å²) in [6.45, 7) is 0. The molecule has 0 saturated carbocycles. The quantitative estimate of drug-likeness (QED) is 0.621. The maximum atomic E-state index is 4.22. The Morgan fingerprint density at radius 2 is 2.25 bits per heavy atom. The summed E-state index contributed by atoms with van der Waals surface area (Å²) in [5.74, 6) is 0. The predicted molar refractivity (Wildman–Crippen MR) is 47.3 cm³/mol. The van der Waals surface area contributed by atoms with Gasteiger partial charge in [0, 0.05) is 20.2 Å². The third-order valence-electron chi connectivity index (χ3n) is 1.75. The van der Waals surface area contributed by atoms with Crippen LogP contribution in [0.1, 0.15) is 0 Å². The highest BCUT2D eigenvalue weighted by atomic mass is 15.2. The lowest BCUT2D eigenvalue weighted by Gasteiger charge is -2.10. The first-order valence-electron chi connectivity index (χ1n) is 3.74. The fourth-order valence-electron chi connectivity index (χ4n) is 1.03. The highest BCUT2D eigenvalue weighted by molar-refractivity contribution is 5.46. The van der Waals surface area contributed by atoms with E-state index in [0.717, 1.165) is 11.3 Å². The SMILES string of the molecule is CN(C)c1cnc2ccnn2c1. The molecule has 62 valence electrons. The summed E-state index contributed by atoms with van der Waals surface area (Å²) >= 11 is 0. The number of hydrogen-bond donors (Lipinski definition) is 0. The van der Waals surface area contributed by atoms with E-state index in [0.29, 0.717) is 0 Å². The van der Waals surface area contributed by atoms with Gasteiger partial charge in [0.15, 0.2) is 5.65 Å². The topological polar surface area (TPSA) is 33.4 Å². The van der Waals surface area contributed by atoms with Crippen LogP contribution in [0.25, 0.3) is 5.65 Å². The van der Waals surface area contributed by atoms with Crippen LogP contribution in [0.2, 0.25) is 0 Å². The average molecular weight is 162 g/mol. The smallest absolute Gasteiger partial charge is 0.155 e. The lowest BCUT2D eigenvalue weighted by Crippen LogP contribution is -2.10. The van der Waals surface area contributed by atoms with Crippen molar-refractivity contribution in [1.29, 1.82) is 0 Å². The van der Waals surface area contributed by atoms with Crippen LogP contribution in [-0.4, -0.2) is 28.7 Å². The second-order valence-corrected chi connectivity index (χ2v) is 2.84. The third kappa shape index (κ3) is 1.01. The molecule has 0 N–H and O–H groups in total. The Morgan fingerprint density at radius 1 is 1.42 bits per heavy atom. The van der Waals surface area contributed by atoms with Crippen molar-refractivity contribution in [2.24, 2.45) is 0 Å². The fraction of sp³-hybridized carbons (Fsp3) is 0.250. The van der Waals surface area contributed by atoms with E-state index in [1.807, 2.05) is 37.5 Å². The molecule has 0 fully saturated rings. The Balaban J connectivity index is 2.60. The van der Waals surface area contributed by atoms with Crippen molar-refractivity contribution < 1.29 is 0 Å². The van der Waals surface area contributed by atoms with Gasteiger partial charge in [-0.15, -0.1) is 0 Å². The molecule has 0 aliphatic heterocycles. The van der Waals surface area contributed by atoms with Crippen LogP contribution in [0.15, 0.2) is 24.7 Å². The summed E-state index contributed by atoms with van der Waals surface area (Å²) in [6, 6.07) is 1.87. The molecule has 0 unspecified atom stereocenters. The van der Waals surface area contributed by atoms with Crippen molar-refractivity contribution in [3.63, 3.8) is 0 Å². The maximum Gasteiger partial charge on any atom is 0.155 e. The molecule has 0 aliphatic rings. The molecule has 2 aromatic rings. The fourth-order valence-corrected chi connectivity index (χ4v) is 1.03. The molecule has 12 heavy (non-hydrogen) atoms. The van der Waals surface area contributed by atoms with Crippen molar-refractivity contribution in [2.75, 3.05) is 19.0 Å². The van der Waals surface area contributed by atoms with Crippen LogP contribution >= 0.6 is 0 Å². The molecule has 0 radical (unpaired) electrons. The Bertz CT molecular complexity index is 391. The summed E-state index contributed by atoms with van der Waals surface area (Å²) in [5.41, 5.74) is 1.92. The van der Waals surface area contributed by atoms with Gasteiger partial charge in [-0.05, 0) is 0 Å². The third-order valence-corrected chi connectivity index (χ3v) is 1.75. The summed E-state index contributed by atoms with van der Waals surface area (Å²) in [6.07, 6.45) is 5.52. The molecule has 0 aliphatic carbocycles. The van der Waals surface area contributed by atoms with Crippen LogP contribution in [0.3, 0.4) is 0 Å². The van der Waals surface area contributed by atoms with Gasteiger partial charge in [0.2, 0.25) is 0 Å². The van der Waals surface area contributed by atoms with Crippen molar-refractivity contribution >= 4 is 11.3 Å². The van der Waals surface area contributed by atoms with Gasteiger partial charge in [-0.2, -0.15) is 5.10 Å². The zero-order chi connectivity index (χ0) is 8.55. The van der Waals surface area contributed by atoms with Crippen LogP contribution < -0.4 is 4.90 Å². The van der Waals surface area contributed by atoms with Crippen LogP contribution in [-0.2, 0) is 0 Å². The van der Waals surface area contributed by atoms with E-state index in [4.69, 9.17) is 0 Å². The Morgan fingerprint density at radius 3 is 3.00 bits per heavy atom. The van der Waals surface area contributed by atoms with Gasteiger partial charge < -0.3 is 4.90 Å². The first kappa shape index (κ1) is 7.09. The lowest BCUT2D eigenvalue weighted by atomic mass is 10.5. The summed E-state index contributed by atoms with van der Waals surface area (Å²) in [4.78, 5) is 6.22. The molecule has 4 heteroatoms. The highest BCUT2D eigenvalue weighted by Gasteiger charge is 1.98. The predicted octanol–water partition coefficient (Wildman–Crippen LogP) is 0.795. The van der Waals surface area contributed by atoms with E-state index < -0.39 is 0 Å². The van der Waals surface area contributed by atoms with E-state index in [2.05, 4.69) is 10.1 Å². The van der Waals surface area contributed by atoms with Crippen LogP contribution in [0.5, 0.6) is 0 Å². The van der Waals surface area contributed by atoms with E-state index in [1.54, 1.807) is 10.7 Å². The minimum absolute atomic E-state index is 0.876. The van der Waals surface area contributed by atoms with Crippen molar-refractivity contribution in [2.45, 2.75) is 0 Å². The zero-order valence-corrected chi connectivity index (χ0v) is 7.10. The van der Waals surface area contributed by atoms with Gasteiger partial charge in [-0.25, -0.2) is 9.50 Å². The molecule has 2 aromatic heterocycles. The molecule has 2 rings (SSSR count). The van der Waals surface area contributed by atoms with Crippen molar-refractivity contribution in [1.82, 2.24) is 14.6 Å². The first-order chi connectivity index (χ1) is 5.77. The van der Waals surface area contributed by atoms with E-state index in [-0.39, 0.29) is 0 Å². The molecular weight excluding hydrogens is 152 g/mol. The molecule has 4 nitrogen and oxygen atoms in total. The van der Waals surface area contributed by atoms with Gasteiger partial charge in [-0.3, -0.25) is 0 Å². The number of fused-ring (bicyclic) bond motifs is 1. The van der Waals surface area contributed by atoms with Crippen LogP contribution in [0.4, 0.5) is 5.69 Å². The number of aromatic nitrogens is 3. The summed E-state index contributed by atoms with van der Waals surface area (Å²) in [7, 11) is 3.96. The van der Waals surface area contributed by atoms with E-state index in [1.165, 1.54) is 0 Å². The number of nitrogens with zero attached hydrogens (tertiary/aromatic N) is 4.